The number of hydrogen-bond acceptors (Lipinski definition) is 8. The summed E-state index contributed by atoms with van der Waals surface area (Å²) in [6, 6.07) is 5.21. The average molecular weight is 503 g/mol. The van der Waals surface area contributed by atoms with E-state index in [2.05, 4.69) is 0 Å². The molecule has 3 N–H and O–H groups in total. The predicted molar refractivity (Wildman–Crippen MR) is 124 cm³/mol. The zero-order valence-corrected chi connectivity index (χ0v) is 19.6. The maximum absolute atomic E-state index is 13.1. The van der Waals surface area contributed by atoms with Gasteiger partial charge in [0.1, 0.15) is 17.5 Å². The number of primary amides is 1. The van der Waals surface area contributed by atoms with Gasteiger partial charge in [0.25, 0.3) is 5.91 Å². The fraction of sp³-hybridized carbons (Fsp3) is 0.409. The zero-order chi connectivity index (χ0) is 24.1. The Labute approximate surface area is 202 Å². The Morgan fingerprint density at radius 3 is 2.44 bits per heavy atom. The van der Waals surface area contributed by atoms with Crippen LogP contribution in [0.25, 0.3) is 0 Å². The van der Waals surface area contributed by atoms with Crippen molar-refractivity contribution in [3.8, 4) is 5.75 Å². The smallest absolute Gasteiger partial charge is 0.328 e. The highest BCUT2D eigenvalue weighted by molar-refractivity contribution is 8.00. The van der Waals surface area contributed by atoms with E-state index in [1.165, 1.54) is 10.6 Å². The Morgan fingerprint density at radius 1 is 1.06 bits per heavy atom. The summed E-state index contributed by atoms with van der Waals surface area (Å²) in [7, 11) is 0. The minimum absolute atomic E-state index is 0.0985. The topological polar surface area (TPSA) is 143 Å². The molecule has 3 aliphatic heterocycles. The number of thioether (sulfide) groups is 1. The second-order valence-electron chi connectivity index (χ2n) is 8.52. The summed E-state index contributed by atoms with van der Waals surface area (Å²) in [4.78, 5) is 66.2. The lowest BCUT2D eigenvalue weighted by molar-refractivity contribution is -0.136. The Hall–Kier alpha value is -3.12. The number of nitrogens with two attached hydrogens (primary N) is 1. The third kappa shape index (κ3) is 3.52. The maximum Gasteiger partial charge on any atom is 0.328 e. The number of para-hydroxylation sites is 1. The molecule has 3 aliphatic rings. The molecule has 2 saturated heterocycles. The molecule has 34 heavy (non-hydrogen) atoms. The molecule has 4 heterocycles. The lowest BCUT2D eigenvalue weighted by Crippen LogP contribution is -2.41. The van der Waals surface area contributed by atoms with Crippen LogP contribution in [-0.2, 0) is 20.9 Å². The molecule has 12 heteroatoms. The number of nitrogens with zero attached hydrogens (tertiary/aromatic N) is 3. The van der Waals surface area contributed by atoms with Crippen LogP contribution < -0.4 is 10.6 Å². The van der Waals surface area contributed by atoms with Crippen molar-refractivity contribution >= 4 is 46.9 Å². The number of fused-ring (bicyclic) bond motifs is 2. The summed E-state index contributed by atoms with van der Waals surface area (Å²) in [5.41, 5.74) is 5.68. The van der Waals surface area contributed by atoms with E-state index in [9.17, 15) is 29.1 Å². The van der Waals surface area contributed by atoms with Gasteiger partial charge in [-0.05, 0) is 25.3 Å². The minimum Gasteiger partial charge on any atom is -0.508 e. The molecular formula is C22H22N4O6S2. The van der Waals surface area contributed by atoms with Gasteiger partial charge in [-0.3, -0.25) is 23.7 Å². The second kappa shape index (κ2) is 8.58. The number of rotatable bonds is 3. The highest BCUT2D eigenvalue weighted by atomic mass is 32.2. The van der Waals surface area contributed by atoms with Gasteiger partial charge < -0.3 is 15.7 Å². The van der Waals surface area contributed by atoms with Crippen molar-refractivity contribution in [3.05, 3.63) is 44.4 Å². The molecule has 0 unspecified atom stereocenters. The largest absolute Gasteiger partial charge is 0.508 e. The zero-order valence-electron chi connectivity index (χ0n) is 18.0. The summed E-state index contributed by atoms with van der Waals surface area (Å²) in [6.45, 7) is 1.10. The number of likely N-dealkylation sites (tertiary alicyclic amines) is 2. The molecule has 1 aromatic carbocycles. The normalized spacial score (nSPS) is 24.2. The number of aromatic nitrogens is 1. The first-order chi connectivity index (χ1) is 16.3. The Bertz CT molecular complexity index is 1260. The number of imide groups is 3. The van der Waals surface area contributed by atoms with Crippen LogP contribution in [0.5, 0.6) is 5.75 Å². The molecule has 0 saturated carbocycles. The van der Waals surface area contributed by atoms with Crippen LogP contribution in [0, 0.1) is 5.92 Å². The van der Waals surface area contributed by atoms with Crippen molar-refractivity contribution < 1.29 is 24.3 Å². The molecule has 0 radical (unpaired) electrons. The monoisotopic (exact) mass is 502 g/mol. The highest BCUT2D eigenvalue weighted by Gasteiger charge is 2.58. The Balaban J connectivity index is 1.61. The van der Waals surface area contributed by atoms with Crippen LogP contribution >= 0.6 is 23.1 Å². The number of phenols is 1. The Kier molecular flexibility index (Phi) is 5.72. The van der Waals surface area contributed by atoms with Crippen LogP contribution in [-0.4, -0.2) is 61.6 Å². The van der Waals surface area contributed by atoms with Crippen molar-refractivity contribution in [2.45, 2.75) is 42.0 Å². The number of urea groups is 1. The van der Waals surface area contributed by atoms with Crippen molar-refractivity contribution in [3.63, 3.8) is 0 Å². The predicted octanol–water partition coefficient (Wildman–Crippen LogP) is 1.30. The summed E-state index contributed by atoms with van der Waals surface area (Å²) in [5, 5.41) is 9.97. The summed E-state index contributed by atoms with van der Waals surface area (Å²) in [6.07, 6.45) is 2.89. The number of hydrogen-bond donors (Lipinski definition) is 2. The lowest BCUT2D eigenvalue weighted by atomic mass is 9.82. The number of piperidine rings is 1. The second-order valence-corrected chi connectivity index (χ2v) is 10.6. The first-order valence-electron chi connectivity index (χ1n) is 10.9. The van der Waals surface area contributed by atoms with Gasteiger partial charge in [-0.15, -0.1) is 0 Å². The number of benzene rings is 1. The number of amides is 5. The van der Waals surface area contributed by atoms with E-state index in [4.69, 9.17) is 5.73 Å². The summed E-state index contributed by atoms with van der Waals surface area (Å²) in [5.74, 6) is -3.66. The average Bonchev–Trinajstić information content (AvgIpc) is 3.26. The van der Waals surface area contributed by atoms with Crippen LogP contribution in [0.1, 0.15) is 35.6 Å². The van der Waals surface area contributed by atoms with E-state index in [0.717, 1.165) is 42.4 Å². The van der Waals surface area contributed by atoms with Gasteiger partial charge in [-0.1, -0.05) is 41.3 Å². The number of phenolic OH excluding ortho intramolecular Hbond substituents is 1. The van der Waals surface area contributed by atoms with E-state index in [1.807, 2.05) is 0 Å². The van der Waals surface area contributed by atoms with Crippen molar-refractivity contribution in [1.82, 2.24) is 14.4 Å². The fourth-order valence-corrected chi connectivity index (χ4v) is 7.70. The van der Waals surface area contributed by atoms with Gasteiger partial charge in [0.2, 0.25) is 11.8 Å². The van der Waals surface area contributed by atoms with Gasteiger partial charge in [-0.2, -0.15) is 4.90 Å². The number of carbonyl (C=O) groups excluding carboxylic acids is 4. The third-order valence-corrected chi connectivity index (χ3v) is 9.15. The van der Waals surface area contributed by atoms with Gasteiger partial charge >= 0.3 is 10.9 Å². The Morgan fingerprint density at radius 2 is 1.76 bits per heavy atom. The summed E-state index contributed by atoms with van der Waals surface area (Å²) < 4.78 is 1.34. The standard InChI is InChI=1S/C22H22N4O6S2/c23-21(31)26-18(29)15-14(11-6-2-3-7-12(11)27)17-20(33-16(15)19(26)30)25(22(32)34-17)10-13(28)24-8-4-1-5-9-24/h2-3,6-7,14-16,27H,1,4-5,8-10H2,(H2,23,31)/t14-,15+,16-/m0/s1. The molecule has 0 spiro atoms. The van der Waals surface area contributed by atoms with Crippen molar-refractivity contribution in [2.75, 3.05) is 13.1 Å². The minimum atomic E-state index is -1.16. The highest BCUT2D eigenvalue weighted by Crippen LogP contribution is 2.54. The van der Waals surface area contributed by atoms with Crippen LogP contribution in [0.2, 0.25) is 0 Å². The molecule has 10 nitrogen and oxygen atoms in total. The first-order valence-corrected chi connectivity index (χ1v) is 12.6. The molecule has 2 aromatic rings. The molecule has 5 rings (SSSR count). The SMILES string of the molecule is NC(=O)N1C(=O)[C@@H]2[C@H](c3ccccc3O)c3sc(=O)n(CC(=O)N4CCCCC4)c3S[C@@H]2C1=O. The van der Waals surface area contributed by atoms with Gasteiger partial charge in [0.05, 0.1) is 10.9 Å². The van der Waals surface area contributed by atoms with Crippen molar-refractivity contribution in [2.24, 2.45) is 11.7 Å². The van der Waals surface area contributed by atoms with Gasteiger partial charge in [0.15, 0.2) is 0 Å². The number of aromatic hydroxyl groups is 1. The first kappa shape index (κ1) is 22.7. The van der Waals surface area contributed by atoms with Crippen LogP contribution in [0.15, 0.2) is 34.1 Å². The summed E-state index contributed by atoms with van der Waals surface area (Å²) >= 11 is 1.89. The van der Waals surface area contributed by atoms with Crippen LogP contribution in [0.3, 0.4) is 0 Å². The molecule has 5 amide bonds. The van der Waals surface area contributed by atoms with E-state index in [0.29, 0.717) is 33.5 Å². The molecule has 0 bridgehead atoms. The molecular weight excluding hydrogens is 480 g/mol. The van der Waals surface area contributed by atoms with Crippen molar-refractivity contribution in [1.29, 1.82) is 0 Å². The van der Waals surface area contributed by atoms with Gasteiger partial charge in [0, 0.05) is 29.4 Å². The third-order valence-electron chi connectivity index (χ3n) is 6.54. The van der Waals surface area contributed by atoms with E-state index in [1.54, 1.807) is 23.1 Å². The quantitative estimate of drug-likeness (QED) is 0.602. The fourth-order valence-electron chi connectivity index (χ4n) is 4.94. The number of thiazole rings is 1. The molecule has 3 atom stereocenters. The molecule has 2 fully saturated rings. The van der Waals surface area contributed by atoms with Crippen LogP contribution in [0.4, 0.5) is 4.79 Å². The van der Waals surface area contributed by atoms with Gasteiger partial charge in [-0.25, -0.2) is 4.79 Å². The number of carbonyl (C=O) groups is 4. The maximum atomic E-state index is 13.1. The molecule has 0 aliphatic carbocycles. The molecule has 178 valence electrons. The van der Waals surface area contributed by atoms with E-state index in [-0.39, 0.29) is 23.1 Å². The molecule has 1 aromatic heterocycles. The van der Waals surface area contributed by atoms with E-state index >= 15 is 0 Å². The van der Waals surface area contributed by atoms with E-state index < -0.39 is 34.9 Å². The lowest BCUT2D eigenvalue weighted by Gasteiger charge is -2.31.